The molecule has 23 heavy (non-hydrogen) atoms. The molecule has 1 aromatic heterocycles. The maximum Gasteiger partial charge on any atom is 0.226 e. The van der Waals surface area contributed by atoms with E-state index in [1.165, 1.54) is 11.3 Å². The number of thiazole rings is 1. The molecular weight excluding hydrogens is 312 g/mol. The molecule has 0 radical (unpaired) electrons. The summed E-state index contributed by atoms with van der Waals surface area (Å²) < 4.78 is 10.8. The minimum atomic E-state index is -0.00843. The van der Waals surface area contributed by atoms with Crippen molar-refractivity contribution in [1.82, 2.24) is 4.98 Å². The van der Waals surface area contributed by atoms with Gasteiger partial charge in [-0.05, 0) is 31.0 Å². The fraction of sp³-hybridized carbons (Fsp3) is 0.412. The van der Waals surface area contributed by atoms with Crippen LogP contribution in [0, 0.1) is 0 Å². The monoisotopic (exact) mass is 332 g/mol. The molecule has 3 rings (SSSR count). The molecule has 6 heteroatoms. The van der Waals surface area contributed by atoms with Crippen LogP contribution in [0.5, 0.6) is 5.75 Å². The van der Waals surface area contributed by atoms with Crippen molar-refractivity contribution in [3.05, 3.63) is 40.4 Å². The number of benzene rings is 1. The predicted octanol–water partition coefficient (Wildman–Crippen LogP) is 3.19. The first kappa shape index (κ1) is 16.0. The van der Waals surface area contributed by atoms with Crippen LogP contribution in [-0.2, 0) is 29.0 Å². The summed E-state index contributed by atoms with van der Waals surface area (Å²) in [4.78, 5) is 17.7. The van der Waals surface area contributed by atoms with Gasteiger partial charge in [0.25, 0.3) is 0 Å². The molecule has 0 saturated carbocycles. The Morgan fingerprint density at radius 3 is 2.96 bits per heavy atom. The summed E-state index contributed by atoms with van der Waals surface area (Å²) in [5.41, 5.74) is 2.18. The molecule has 2 heterocycles. The smallest absolute Gasteiger partial charge is 0.226 e. The van der Waals surface area contributed by atoms with Crippen molar-refractivity contribution in [1.29, 1.82) is 0 Å². The number of anilines is 1. The SMILES string of the molecule is CCOc1ccc(CCC(=O)Nc2nc3c(s2)COCC3)cc1. The van der Waals surface area contributed by atoms with Crippen molar-refractivity contribution in [2.45, 2.75) is 32.8 Å². The number of amides is 1. The zero-order valence-corrected chi connectivity index (χ0v) is 13.9. The first-order chi connectivity index (χ1) is 11.2. The average Bonchev–Trinajstić information content (AvgIpc) is 2.96. The predicted molar refractivity (Wildman–Crippen MR) is 90.0 cm³/mol. The van der Waals surface area contributed by atoms with Crippen LogP contribution in [0.3, 0.4) is 0 Å². The Kier molecular flexibility index (Phi) is 5.25. The molecule has 1 amide bonds. The van der Waals surface area contributed by atoms with Crippen molar-refractivity contribution >= 4 is 22.4 Å². The molecule has 5 nitrogen and oxygen atoms in total. The van der Waals surface area contributed by atoms with Gasteiger partial charge >= 0.3 is 0 Å². The summed E-state index contributed by atoms with van der Waals surface area (Å²) in [5.74, 6) is 0.849. The van der Waals surface area contributed by atoms with E-state index in [1.54, 1.807) is 0 Å². The van der Waals surface area contributed by atoms with Crippen LogP contribution in [0.1, 0.15) is 29.5 Å². The first-order valence-electron chi connectivity index (χ1n) is 7.82. The van der Waals surface area contributed by atoms with Gasteiger partial charge in [-0.1, -0.05) is 23.5 Å². The van der Waals surface area contributed by atoms with Crippen LogP contribution in [-0.4, -0.2) is 24.1 Å². The number of carbonyl (C=O) groups excluding carboxylic acids is 1. The number of ether oxygens (including phenoxy) is 2. The number of fused-ring (bicyclic) bond motifs is 1. The molecule has 1 aromatic carbocycles. The fourth-order valence-corrected chi connectivity index (χ4v) is 3.40. The summed E-state index contributed by atoms with van der Waals surface area (Å²) in [7, 11) is 0. The van der Waals surface area contributed by atoms with Crippen molar-refractivity contribution in [3.8, 4) is 5.75 Å². The maximum absolute atomic E-state index is 12.1. The summed E-state index contributed by atoms with van der Waals surface area (Å²) in [6, 6.07) is 7.87. The van der Waals surface area contributed by atoms with Crippen LogP contribution in [0.2, 0.25) is 0 Å². The summed E-state index contributed by atoms with van der Waals surface area (Å²) >= 11 is 1.51. The standard InChI is InChI=1S/C17H20N2O3S/c1-2-22-13-6-3-12(4-7-13)5-8-16(20)19-17-18-14-9-10-21-11-15(14)23-17/h3-4,6-7H,2,5,8-11H2,1H3,(H,18,19,20). The lowest BCUT2D eigenvalue weighted by molar-refractivity contribution is -0.116. The van der Waals surface area contributed by atoms with E-state index in [9.17, 15) is 4.79 Å². The second-order valence-corrected chi connectivity index (χ2v) is 6.40. The lowest BCUT2D eigenvalue weighted by atomic mass is 10.1. The average molecular weight is 332 g/mol. The van der Waals surface area contributed by atoms with Gasteiger partial charge in [-0.15, -0.1) is 0 Å². The van der Waals surface area contributed by atoms with E-state index in [2.05, 4.69) is 10.3 Å². The molecular formula is C17H20N2O3S. The Morgan fingerprint density at radius 1 is 1.39 bits per heavy atom. The van der Waals surface area contributed by atoms with Crippen LogP contribution in [0.4, 0.5) is 5.13 Å². The van der Waals surface area contributed by atoms with Gasteiger partial charge in [0, 0.05) is 12.8 Å². The third kappa shape index (κ3) is 4.30. The number of hydrogen-bond donors (Lipinski definition) is 1. The lowest BCUT2D eigenvalue weighted by Crippen LogP contribution is -2.12. The van der Waals surface area contributed by atoms with Crippen LogP contribution < -0.4 is 10.1 Å². The summed E-state index contributed by atoms with van der Waals surface area (Å²) in [6.07, 6.45) is 1.97. The summed E-state index contributed by atoms with van der Waals surface area (Å²) in [5, 5.41) is 3.57. The van der Waals surface area contributed by atoms with Gasteiger partial charge in [-0.2, -0.15) is 0 Å². The Labute approximate surface area is 139 Å². The summed E-state index contributed by atoms with van der Waals surface area (Å²) in [6.45, 7) is 3.93. The van der Waals surface area contributed by atoms with E-state index in [0.29, 0.717) is 37.8 Å². The minimum Gasteiger partial charge on any atom is -0.494 e. The molecule has 1 aliphatic heterocycles. The Balaban J connectivity index is 1.50. The number of nitrogens with one attached hydrogen (secondary N) is 1. The molecule has 0 saturated heterocycles. The zero-order chi connectivity index (χ0) is 16.1. The first-order valence-corrected chi connectivity index (χ1v) is 8.64. The molecule has 0 fully saturated rings. The van der Waals surface area contributed by atoms with Gasteiger partial charge in [-0.25, -0.2) is 4.98 Å². The van der Waals surface area contributed by atoms with Crippen molar-refractivity contribution in [3.63, 3.8) is 0 Å². The fourth-order valence-electron chi connectivity index (χ4n) is 2.44. The minimum absolute atomic E-state index is 0.00843. The van der Waals surface area contributed by atoms with Crippen molar-refractivity contribution in [2.24, 2.45) is 0 Å². The molecule has 0 spiro atoms. The highest BCUT2D eigenvalue weighted by molar-refractivity contribution is 7.15. The normalized spacial score (nSPS) is 13.4. The van der Waals surface area contributed by atoms with E-state index in [0.717, 1.165) is 28.3 Å². The highest BCUT2D eigenvalue weighted by Crippen LogP contribution is 2.27. The maximum atomic E-state index is 12.1. The number of nitrogens with zero attached hydrogens (tertiary/aromatic N) is 1. The second-order valence-electron chi connectivity index (χ2n) is 5.32. The molecule has 0 atom stereocenters. The molecule has 0 bridgehead atoms. The zero-order valence-electron chi connectivity index (χ0n) is 13.1. The largest absolute Gasteiger partial charge is 0.494 e. The lowest BCUT2D eigenvalue weighted by Gasteiger charge is -2.08. The molecule has 2 aromatic rings. The van der Waals surface area contributed by atoms with Gasteiger partial charge in [0.05, 0.1) is 30.4 Å². The quantitative estimate of drug-likeness (QED) is 0.882. The van der Waals surface area contributed by atoms with Crippen LogP contribution in [0.15, 0.2) is 24.3 Å². The van der Waals surface area contributed by atoms with Gasteiger partial charge in [0.15, 0.2) is 5.13 Å². The Bertz CT molecular complexity index is 643. The molecule has 1 N–H and O–H groups in total. The third-order valence-corrected chi connectivity index (χ3v) is 4.60. The Morgan fingerprint density at radius 2 is 2.22 bits per heavy atom. The topological polar surface area (TPSA) is 60.5 Å². The third-order valence-electron chi connectivity index (χ3n) is 3.62. The highest BCUT2D eigenvalue weighted by atomic mass is 32.1. The number of rotatable bonds is 6. The van der Waals surface area contributed by atoms with E-state index < -0.39 is 0 Å². The second kappa shape index (κ2) is 7.57. The van der Waals surface area contributed by atoms with Gasteiger partial charge in [0.1, 0.15) is 5.75 Å². The van der Waals surface area contributed by atoms with E-state index >= 15 is 0 Å². The van der Waals surface area contributed by atoms with Crippen LogP contribution >= 0.6 is 11.3 Å². The van der Waals surface area contributed by atoms with Crippen LogP contribution in [0.25, 0.3) is 0 Å². The highest BCUT2D eigenvalue weighted by Gasteiger charge is 2.16. The number of aryl methyl sites for hydroxylation is 1. The number of aromatic nitrogens is 1. The molecule has 1 aliphatic rings. The molecule has 122 valence electrons. The van der Waals surface area contributed by atoms with Gasteiger partial charge in [0.2, 0.25) is 5.91 Å². The van der Waals surface area contributed by atoms with E-state index in [4.69, 9.17) is 9.47 Å². The van der Waals surface area contributed by atoms with E-state index in [1.807, 2.05) is 31.2 Å². The van der Waals surface area contributed by atoms with Crippen molar-refractivity contribution in [2.75, 3.05) is 18.5 Å². The van der Waals surface area contributed by atoms with Gasteiger partial charge in [-0.3, -0.25) is 4.79 Å². The van der Waals surface area contributed by atoms with E-state index in [-0.39, 0.29) is 5.91 Å². The number of carbonyl (C=O) groups is 1. The number of hydrogen-bond acceptors (Lipinski definition) is 5. The van der Waals surface area contributed by atoms with Gasteiger partial charge < -0.3 is 14.8 Å². The Hall–Kier alpha value is -1.92. The molecule has 0 aliphatic carbocycles. The van der Waals surface area contributed by atoms with Crippen molar-refractivity contribution < 1.29 is 14.3 Å². The molecule has 0 unspecified atom stereocenters.